The summed E-state index contributed by atoms with van der Waals surface area (Å²) in [6.07, 6.45) is 0.481. The van der Waals surface area contributed by atoms with E-state index in [9.17, 15) is 14.0 Å². The summed E-state index contributed by atoms with van der Waals surface area (Å²) in [4.78, 5) is 30.8. The summed E-state index contributed by atoms with van der Waals surface area (Å²) in [5, 5.41) is 3.56. The van der Waals surface area contributed by atoms with Crippen LogP contribution in [0.2, 0.25) is 0 Å². The van der Waals surface area contributed by atoms with Crippen LogP contribution in [0.5, 0.6) is 11.5 Å². The van der Waals surface area contributed by atoms with Gasteiger partial charge in [0.25, 0.3) is 5.56 Å². The number of nitrogens with one attached hydrogen (secondary N) is 2. The second-order valence-corrected chi connectivity index (χ2v) is 8.88. The minimum atomic E-state index is -0.537. The summed E-state index contributed by atoms with van der Waals surface area (Å²) < 4.78 is 24.9. The van der Waals surface area contributed by atoms with Gasteiger partial charge in [0.1, 0.15) is 5.82 Å². The lowest BCUT2D eigenvalue weighted by molar-refractivity contribution is 0.209. The second-order valence-electron chi connectivity index (χ2n) is 8.88. The van der Waals surface area contributed by atoms with Crippen molar-refractivity contribution in [3.63, 3.8) is 0 Å². The van der Waals surface area contributed by atoms with Crippen LogP contribution in [-0.2, 0) is 13.0 Å². The molecule has 192 valence electrons. The zero-order valence-corrected chi connectivity index (χ0v) is 21.4. The molecule has 4 aromatic rings. The molecule has 0 spiro atoms. The summed E-state index contributed by atoms with van der Waals surface area (Å²) in [5.41, 5.74) is 3.93. The number of halogens is 1. The molecule has 0 bridgehead atoms. The Kier molecular flexibility index (Phi) is 7.77. The molecule has 0 unspecified atom stereocenters. The highest BCUT2D eigenvalue weighted by atomic mass is 19.1. The van der Waals surface area contributed by atoms with Crippen molar-refractivity contribution in [2.24, 2.45) is 0 Å². The first kappa shape index (κ1) is 25.8. The van der Waals surface area contributed by atoms with Crippen LogP contribution in [0.15, 0.2) is 65.5 Å². The van der Waals surface area contributed by atoms with Crippen LogP contribution in [0.1, 0.15) is 22.3 Å². The normalized spacial score (nSPS) is 10.8. The fourth-order valence-electron chi connectivity index (χ4n) is 4.25. The first-order valence-electron chi connectivity index (χ1n) is 11.9. The van der Waals surface area contributed by atoms with Gasteiger partial charge in [-0.05, 0) is 67.3 Å². The van der Waals surface area contributed by atoms with E-state index >= 15 is 0 Å². The van der Waals surface area contributed by atoms with E-state index in [2.05, 4.69) is 10.3 Å². The highest BCUT2D eigenvalue weighted by Gasteiger charge is 2.19. The third-order valence-electron chi connectivity index (χ3n) is 6.40. The quantitative estimate of drug-likeness (QED) is 0.329. The molecule has 0 fully saturated rings. The van der Waals surface area contributed by atoms with Crippen molar-refractivity contribution in [1.29, 1.82) is 0 Å². The molecule has 4 rings (SSSR count). The molecule has 0 saturated heterocycles. The van der Waals surface area contributed by atoms with Crippen LogP contribution in [-0.4, -0.2) is 36.7 Å². The van der Waals surface area contributed by atoms with Crippen molar-refractivity contribution < 1.29 is 18.7 Å². The molecule has 0 radical (unpaired) electrons. The van der Waals surface area contributed by atoms with E-state index in [-0.39, 0.29) is 24.3 Å². The summed E-state index contributed by atoms with van der Waals surface area (Å²) in [6, 6.07) is 16.8. The van der Waals surface area contributed by atoms with E-state index in [1.54, 1.807) is 32.4 Å². The Morgan fingerprint density at radius 1 is 0.973 bits per heavy atom. The van der Waals surface area contributed by atoms with Gasteiger partial charge < -0.3 is 24.7 Å². The third-order valence-corrected chi connectivity index (χ3v) is 6.40. The average Bonchev–Trinajstić information content (AvgIpc) is 2.90. The van der Waals surface area contributed by atoms with E-state index in [0.29, 0.717) is 23.5 Å². The molecule has 0 saturated carbocycles. The number of aromatic amines is 1. The Balaban J connectivity index is 1.65. The molecule has 0 aliphatic heterocycles. The number of carbonyl (C=O) groups excluding carboxylic acids is 1. The molecule has 2 N–H and O–H groups in total. The number of carbonyl (C=O) groups is 1. The molecule has 37 heavy (non-hydrogen) atoms. The first-order chi connectivity index (χ1) is 17.8. The smallest absolute Gasteiger partial charge is 0.322 e. The van der Waals surface area contributed by atoms with Gasteiger partial charge in [-0.15, -0.1) is 0 Å². The number of aromatic nitrogens is 1. The first-order valence-corrected chi connectivity index (χ1v) is 11.9. The Morgan fingerprint density at radius 3 is 2.43 bits per heavy atom. The van der Waals surface area contributed by atoms with E-state index in [0.717, 1.165) is 27.6 Å². The van der Waals surface area contributed by atoms with Crippen molar-refractivity contribution in [1.82, 2.24) is 9.88 Å². The van der Waals surface area contributed by atoms with Crippen molar-refractivity contribution in [2.45, 2.75) is 26.8 Å². The fraction of sp³-hybridized carbons (Fsp3) is 0.241. The Bertz CT molecular complexity index is 1500. The number of para-hydroxylation sites is 1. The molecule has 1 heterocycles. The standard InChI is InChI=1S/C29H30FN3O4/c1-18-9-10-19(2)27-22(18)16-21(28(34)32-27)17-33(29(35)31-24-8-6-5-7-23(24)30)14-13-20-11-12-25(36-3)26(15-20)37-4/h5-12,15-16H,13-14,17H2,1-4H3,(H,31,35)(H,32,34). The number of rotatable bonds is 8. The molecule has 7 nitrogen and oxygen atoms in total. The molecule has 0 aliphatic carbocycles. The number of H-pyrrole nitrogens is 1. The van der Waals surface area contributed by atoms with Crippen LogP contribution in [0, 0.1) is 19.7 Å². The lowest BCUT2D eigenvalue weighted by Gasteiger charge is -2.24. The van der Waals surface area contributed by atoms with Crippen LogP contribution in [0.4, 0.5) is 14.9 Å². The number of nitrogens with zero attached hydrogens (tertiary/aromatic N) is 1. The lowest BCUT2D eigenvalue weighted by Crippen LogP contribution is -2.37. The zero-order chi connectivity index (χ0) is 26.5. The molecular formula is C29H30FN3O4. The number of benzene rings is 3. The number of anilines is 1. The molecule has 2 amide bonds. The summed E-state index contributed by atoms with van der Waals surface area (Å²) in [7, 11) is 3.13. The van der Waals surface area contributed by atoms with E-state index < -0.39 is 11.8 Å². The number of aryl methyl sites for hydroxylation is 2. The van der Waals surface area contributed by atoms with Gasteiger partial charge in [-0.2, -0.15) is 0 Å². The average molecular weight is 504 g/mol. The summed E-state index contributed by atoms with van der Waals surface area (Å²) in [6.45, 7) is 4.24. The van der Waals surface area contributed by atoms with Gasteiger partial charge in [0.05, 0.1) is 32.0 Å². The highest BCUT2D eigenvalue weighted by Crippen LogP contribution is 2.28. The second kappa shape index (κ2) is 11.2. The number of fused-ring (bicyclic) bond motifs is 1. The Hall–Kier alpha value is -4.33. The van der Waals surface area contributed by atoms with Crippen LogP contribution in [0.25, 0.3) is 10.9 Å². The number of pyridine rings is 1. The topological polar surface area (TPSA) is 83.7 Å². The van der Waals surface area contributed by atoms with Crippen molar-refractivity contribution in [3.05, 3.63) is 99.1 Å². The summed E-state index contributed by atoms with van der Waals surface area (Å²) in [5.74, 6) is 0.651. The van der Waals surface area contributed by atoms with Gasteiger partial charge in [0.2, 0.25) is 0 Å². The fourth-order valence-corrected chi connectivity index (χ4v) is 4.25. The molecular weight excluding hydrogens is 473 g/mol. The number of amides is 2. The van der Waals surface area contributed by atoms with E-state index in [1.807, 2.05) is 44.2 Å². The minimum Gasteiger partial charge on any atom is -0.493 e. The van der Waals surface area contributed by atoms with Crippen molar-refractivity contribution in [2.75, 3.05) is 26.1 Å². The zero-order valence-electron chi connectivity index (χ0n) is 21.4. The molecule has 0 aliphatic rings. The Labute approximate surface area is 214 Å². The van der Waals surface area contributed by atoms with Gasteiger partial charge in [-0.25, -0.2) is 9.18 Å². The van der Waals surface area contributed by atoms with Gasteiger partial charge in [0.15, 0.2) is 11.5 Å². The van der Waals surface area contributed by atoms with E-state index in [4.69, 9.17) is 9.47 Å². The van der Waals surface area contributed by atoms with Crippen LogP contribution < -0.4 is 20.3 Å². The highest BCUT2D eigenvalue weighted by molar-refractivity contribution is 5.89. The van der Waals surface area contributed by atoms with Gasteiger partial charge in [0, 0.05) is 17.5 Å². The number of hydrogen-bond acceptors (Lipinski definition) is 4. The number of urea groups is 1. The predicted octanol–water partition coefficient (Wildman–Crippen LogP) is 5.58. The molecule has 3 aromatic carbocycles. The third kappa shape index (κ3) is 5.74. The van der Waals surface area contributed by atoms with Crippen molar-refractivity contribution >= 4 is 22.6 Å². The lowest BCUT2D eigenvalue weighted by atomic mass is 10.0. The maximum absolute atomic E-state index is 14.3. The predicted molar refractivity (Wildman–Crippen MR) is 143 cm³/mol. The number of hydrogen-bond donors (Lipinski definition) is 2. The maximum atomic E-state index is 14.3. The van der Waals surface area contributed by atoms with Crippen LogP contribution in [0.3, 0.4) is 0 Å². The molecule has 0 atom stereocenters. The van der Waals surface area contributed by atoms with Gasteiger partial charge in [-0.1, -0.05) is 30.3 Å². The minimum absolute atomic E-state index is 0.0478. The Morgan fingerprint density at radius 2 is 1.70 bits per heavy atom. The monoisotopic (exact) mass is 503 g/mol. The SMILES string of the molecule is COc1ccc(CCN(Cc2cc3c(C)ccc(C)c3[nH]c2=O)C(=O)Nc2ccccc2F)cc1OC. The van der Waals surface area contributed by atoms with Crippen LogP contribution >= 0.6 is 0 Å². The molecule has 1 aromatic heterocycles. The number of methoxy groups -OCH3 is 2. The van der Waals surface area contributed by atoms with Gasteiger partial charge in [-0.3, -0.25) is 4.79 Å². The number of ether oxygens (including phenoxy) is 2. The summed E-state index contributed by atoms with van der Waals surface area (Å²) >= 11 is 0. The van der Waals surface area contributed by atoms with Gasteiger partial charge >= 0.3 is 6.03 Å². The van der Waals surface area contributed by atoms with Crippen molar-refractivity contribution in [3.8, 4) is 11.5 Å². The maximum Gasteiger partial charge on any atom is 0.322 e. The van der Waals surface area contributed by atoms with E-state index in [1.165, 1.54) is 17.0 Å². The molecule has 8 heteroatoms. The largest absolute Gasteiger partial charge is 0.493 e.